The molecule has 2 aromatic heterocycles. The van der Waals surface area contributed by atoms with Gasteiger partial charge in [-0.05, 0) is 18.6 Å². The summed E-state index contributed by atoms with van der Waals surface area (Å²) in [7, 11) is 0. The second-order valence-electron chi connectivity index (χ2n) is 4.72. The summed E-state index contributed by atoms with van der Waals surface area (Å²) in [6.07, 6.45) is 1.82. The lowest BCUT2D eigenvalue weighted by Crippen LogP contribution is -2.39. The van der Waals surface area contributed by atoms with Gasteiger partial charge in [-0.1, -0.05) is 0 Å². The Bertz CT molecular complexity index is 771. The van der Waals surface area contributed by atoms with Crippen molar-refractivity contribution in [2.45, 2.75) is 13.0 Å². The van der Waals surface area contributed by atoms with E-state index in [1.165, 1.54) is 17.2 Å². The molecule has 0 fully saturated rings. The molecule has 108 valence electrons. The maximum absolute atomic E-state index is 12.4. The second-order valence-corrected chi connectivity index (χ2v) is 4.72. The maximum Gasteiger partial charge on any atom is 0.276 e. The third-order valence-corrected chi connectivity index (χ3v) is 3.37. The Morgan fingerprint density at radius 3 is 3.05 bits per heavy atom. The third kappa shape index (κ3) is 2.31. The largest absolute Gasteiger partial charge is 0.505 e. The van der Waals surface area contributed by atoms with E-state index >= 15 is 0 Å². The van der Waals surface area contributed by atoms with E-state index in [2.05, 4.69) is 15.0 Å². The van der Waals surface area contributed by atoms with Crippen LogP contribution < -0.4 is 11.3 Å². The number of aromatic hydroxyl groups is 1. The number of hydrogen-bond acceptors (Lipinski definition) is 6. The van der Waals surface area contributed by atoms with Gasteiger partial charge in [-0.15, -0.1) is 0 Å². The van der Waals surface area contributed by atoms with Gasteiger partial charge < -0.3 is 15.7 Å². The number of rotatable bonds is 1. The number of H-pyrrole nitrogens is 1. The molecular formula is C13H13N5O3. The summed E-state index contributed by atoms with van der Waals surface area (Å²) in [6, 6.07) is 2.94. The smallest absolute Gasteiger partial charge is 0.276 e. The average Bonchev–Trinajstić information content (AvgIpc) is 2.46. The molecular weight excluding hydrogens is 274 g/mol. The van der Waals surface area contributed by atoms with Crippen molar-refractivity contribution in [3.63, 3.8) is 0 Å². The molecule has 0 unspecified atom stereocenters. The molecule has 0 aliphatic carbocycles. The average molecular weight is 287 g/mol. The fourth-order valence-corrected chi connectivity index (χ4v) is 2.34. The van der Waals surface area contributed by atoms with Crippen LogP contribution in [0.5, 0.6) is 5.75 Å². The van der Waals surface area contributed by atoms with Crippen LogP contribution >= 0.6 is 0 Å². The minimum atomic E-state index is -0.403. The highest BCUT2D eigenvalue weighted by Crippen LogP contribution is 2.20. The maximum atomic E-state index is 12.4. The predicted molar refractivity (Wildman–Crippen MR) is 73.6 cm³/mol. The monoisotopic (exact) mass is 287 g/mol. The first-order valence-electron chi connectivity index (χ1n) is 6.37. The zero-order valence-electron chi connectivity index (χ0n) is 11.0. The molecule has 0 spiro atoms. The van der Waals surface area contributed by atoms with Gasteiger partial charge in [0.25, 0.3) is 11.5 Å². The van der Waals surface area contributed by atoms with Crippen molar-refractivity contribution in [1.29, 1.82) is 0 Å². The molecule has 1 amide bonds. The molecule has 0 aromatic carbocycles. The lowest BCUT2D eigenvalue weighted by molar-refractivity contribution is 0.0722. The van der Waals surface area contributed by atoms with Crippen LogP contribution in [0.2, 0.25) is 0 Å². The van der Waals surface area contributed by atoms with Crippen molar-refractivity contribution >= 4 is 11.9 Å². The van der Waals surface area contributed by atoms with E-state index in [0.717, 1.165) is 0 Å². The van der Waals surface area contributed by atoms with E-state index in [0.29, 0.717) is 24.2 Å². The number of aromatic nitrogens is 3. The minimum absolute atomic E-state index is 0.0150. The topological polar surface area (TPSA) is 125 Å². The molecule has 0 atom stereocenters. The first kappa shape index (κ1) is 13.1. The van der Waals surface area contributed by atoms with Crippen molar-refractivity contribution in [3.8, 4) is 5.75 Å². The Morgan fingerprint density at radius 2 is 2.29 bits per heavy atom. The molecule has 1 aliphatic heterocycles. The molecule has 1 aliphatic rings. The van der Waals surface area contributed by atoms with Gasteiger partial charge in [0.1, 0.15) is 5.75 Å². The van der Waals surface area contributed by atoms with E-state index < -0.39 is 5.91 Å². The lowest BCUT2D eigenvalue weighted by atomic mass is 10.1. The van der Waals surface area contributed by atoms with Gasteiger partial charge in [-0.25, -0.2) is 9.97 Å². The third-order valence-electron chi connectivity index (χ3n) is 3.37. The molecule has 8 heteroatoms. The molecule has 2 aromatic rings. The van der Waals surface area contributed by atoms with Gasteiger partial charge in [0, 0.05) is 18.3 Å². The van der Waals surface area contributed by atoms with Crippen LogP contribution in [-0.4, -0.2) is 37.4 Å². The predicted octanol–water partition coefficient (Wildman–Crippen LogP) is -0.349. The molecule has 3 rings (SSSR count). The number of fused-ring (bicyclic) bond motifs is 1. The van der Waals surface area contributed by atoms with Crippen LogP contribution in [0.25, 0.3) is 0 Å². The lowest BCUT2D eigenvalue weighted by Gasteiger charge is -2.27. The Kier molecular flexibility index (Phi) is 3.05. The van der Waals surface area contributed by atoms with Gasteiger partial charge in [0.2, 0.25) is 5.95 Å². The summed E-state index contributed by atoms with van der Waals surface area (Å²) in [5.74, 6) is -0.556. The van der Waals surface area contributed by atoms with Crippen LogP contribution in [0.1, 0.15) is 21.7 Å². The molecule has 21 heavy (non-hydrogen) atoms. The highest BCUT2D eigenvalue weighted by atomic mass is 16.3. The molecule has 0 radical (unpaired) electrons. The summed E-state index contributed by atoms with van der Waals surface area (Å²) in [5.41, 5.74) is 6.25. The Morgan fingerprint density at radius 1 is 1.48 bits per heavy atom. The van der Waals surface area contributed by atoms with Gasteiger partial charge in [-0.2, -0.15) is 0 Å². The number of anilines is 1. The number of carbonyl (C=O) groups is 1. The summed E-state index contributed by atoms with van der Waals surface area (Å²) in [6.45, 7) is 0.523. The van der Waals surface area contributed by atoms with Crippen LogP contribution in [0.4, 0.5) is 5.95 Å². The number of nitrogens with one attached hydrogen (secondary N) is 1. The van der Waals surface area contributed by atoms with Crippen molar-refractivity contribution in [3.05, 3.63) is 45.6 Å². The molecule has 3 heterocycles. The van der Waals surface area contributed by atoms with Gasteiger partial charge in [0.15, 0.2) is 5.69 Å². The minimum Gasteiger partial charge on any atom is -0.505 e. The highest BCUT2D eigenvalue weighted by Gasteiger charge is 2.26. The van der Waals surface area contributed by atoms with Crippen molar-refractivity contribution < 1.29 is 9.90 Å². The van der Waals surface area contributed by atoms with Crippen molar-refractivity contribution in [2.24, 2.45) is 0 Å². The Hall–Kier alpha value is -2.90. The quantitative estimate of drug-likeness (QED) is 0.658. The summed E-state index contributed by atoms with van der Waals surface area (Å²) in [4.78, 5) is 36.0. The molecule has 4 N–H and O–H groups in total. The zero-order valence-corrected chi connectivity index (χ0v) is 11.0. The normalized spacial score (nSPS) is 13.8. The first-order chi connectivity index (χ1) is 10.1. The SMILES string of the molecule is Nc1nc2c(c(=O)[nH]1)CCN(C(=O)c1ncccc1O)C2. The molecule has 8 nitrogen and oxygen atoms in total. The Balaban J connectivity index is 1.92. The fourth-order valence-electron chi connectivity index (χ4n) is 2.34. The Labute approximate surface area is 119 Å². The van der Waals surface area contributed by atoms with Gasteiger partial charge in [-0.3, -0.25) is 14.6 Å². The molecule has 0 bridgehead atoms. The summed E-state index contributed by atoms with van der Waals surface area (Å²) in [5, 5.41) is 9.69. The molecule has 0 saturated heterocycles. The van der Waals surface area contributed by atoms with E-state index in [9.17, 15) is 14.7 Å². The number of pyridine rings is 1. The number of nitrogen functional groups attached to an aromatic ring is 1. The number of carbonyl (C=O) groups excluding carboxylic acids is 1. The van der Waals surface area contributed by atoms with Crippen molar-refractivity contribution in [2.75, 3.05) is 12.3 Å². The second kappa shape index (κ2) is 4.89. The molecule has 0 saturated carbocycles. The van der Waals surface area contributed by atoms with Crippen LogP contribution in [0, 0.1) is 0 Å². The van der Waals surface area contributed by atoms with Crippen LogP contribution in [0.15, 0.2) is 23.1 Å². The van der Waals surface area contributed by atoms with E-state index in [4.69, 9.17) is 5.73 Å². The van der Waals surface area contributed by atoms with Crippen LogP contribution in [-0.2, 0) is 13.0 Å². The van der Waals surface area contributed by atoms with Gasteiger partial charge in [0.05, 0.1) is 12.2 Å². The van der Waals surface area contributed by atoms with Crippen LogP contribution in [0.3, 0.4) is 0 Å². The number of aromatic amines is 1. The van der Waals surface area contributed by atoms with Gasteiger partial charge >= 0.3 is 0 Å². The van der Waals surface area contributed by atoms with E-state index in [1.807, 2.05) is 0 Å². The van der Waals surface area contributed by atoms with E-state index in [1.54, 1.807) is 6.07 Å². The van der Waals surface area contributed by atoms with Crippen molar-refractivity contribution in [1.82, 2.24) is 19.9 Å². The number of hydrogen-bond donors (Lipinski definition) is 3. The summed E-state index contributed by atoms with van der Waals surface area (Å²) >= 11 is 0. The number of nitrogens with zero attached hydrogens (tertiary/aromatic N) is 3. The number of nitrogens with two attached hydrogens (primary N) is 1. The first-order valence-corrected chi connectivity index (χ1v) is 6.37. The zero-order chi connectivity index (χ0) is 15.0. The standard InChI is InChI=1S/C13H13N5O3/c14-13-16-8-6-18(5-3-7(8)11(20)17-13)12(21)10-9(19)2-1-4-15-10/h1-2,4,19H,3,5-6H2,(H3,14,16,17,20). The number of amides is 1. The van der Waals surface area contributed by atoms with E-state index in [-0.39, 0.29) is 29.5 Å². The highest BCUT2D eigenvalue weighted by molar-refractivity contribution is 5.94. The fraction of sp³-hybridized carbons (Fsp3) is 0.231. The summed E-state index contributed by atoms with van der Waals surface area (Å²) < 4.78 is 0.